The molecular weight excluding hydrogens is 254 g/mol. The van der Waals surface area contributed by atoms with Crippen molar-refractivity contribution in [1.82, 2.24) is 4.90 Å². The molecule has 0 aromatic carbocycles. The third-order valence-electron chi connectivity index (χ3n) is 4.80. The van der Waals surface area contributed by atoms with Gasteiger partial charge in [0, 0.05) is 26.1 Å². The highest BCUT2D eigenvalue weighted by atomic mass is 16.5. The fourth-order valence-corrected chi connectivity index (χ4v) is 3.18. The van der Waals surface area contributed by atoms with Crippen molar-refractivity contribution in [1.29, 1.82) is 0 Å². The van der Waals surface area contributed by atoms with Crippen LogP contribution in [0.15, 0.2) is 0 Å². The van der Waals surface area contributed by atoms with E-state index in [0.717, 1.165) is 64.3 Å². The molecule has 0 aromatic rings. The van der Waals surface area contributed by atoms with Crippen molar-refractivity contribution < 1.29 is 14.3 Å². The summed E-state index contributed by atoms with van der Waals surface area (Å²) in [7, 11) is 0. The van der Waals surface area contributed by atoms with Gasteiger partial charge in [-0.1, -0.05) is 12.8 Å². The van der Waals surface area contributed by atoms with Gasteiger partial charge in [-0.15, -0.1) is 0 Å². The summed E-state index contributed by atoms with van der Waals surface area (Å²) < 4.78 is 11.5. The average molecular weight is 281 g/mol. The molecule has 3 rings (SSSR count). The molecule has 0 N–H and O–H groups in total. The van der Waals surface area contributed by atoms with Crippen LogP contribution in [-0.2, 0) is 14.3 Å². The Bertz CT molecular complexity index is 316. The van der Waals surface area contributed by atoms with Crippen LogP contribution in [0.3, 0.4) is 0 Å². The van der Waals surface area contributed by atoms with Gasteiger partial charge in [0.25, 0.3) is 0 Å². The molecule has 1 unspecified atom stereocenters. The van der Waals surface area contributed by atoms with Crippen molar-refractivity contribution in [2.24, 2.45) is 5.92 Å². The van der Waals surface area contributed by atoms with Gasteiger partial charge in [0.15, 0.2) is 0 Å². The summed E-state index contributed by atoms with van der Waals surface area (Å²) in [5.74, 6) is 1.21. The first-order valence-corrected chi connectivity index (χ1v) is 8.32. The van der Waals surface area contributed by atoms with E-state index in [0.29, 0.717) is 18.1 Å². The molecular formula is C16H27NO3. The van der Waals surface area contributed by atoms with Gasteiger partial charge in [0.05, 0.1) is 18.8 Å². The zero-order valence-corrected chi connectivity index (χ0v) is 12.4. The Morgan fingerprint density at radius 3 is 2.60 bits per heavy atom. The van der Waals surface area contributed by atoms with Gasteiger partial charge in [-0.05, 0) is 38.0 Å². The van der Waals surface area contributed by atoms with Crippen LogP contribution >= 0.6 is 0 Å². The Labute approximate surface area is 121 Å². The number of hydrogen-bond acceptors (Lipinski definition) is 3. The Kier molecular flexibility index (Phi) is 4.94. The second kappa shape index (κ2) is 6.90. The predicted molar refractivity (Wildman–Crippen MR) is 76.5 cm³/mol. The second-order valence-corrected chi connectivity index (χ2v) is 6.53. The summed E-state index contributed by atoms with van der Waals surface area (Å²) in [5.41, 5.74) is 0. The number of carbonyl (C=O) groups excluding carboxylic acids is 1. The van der Waals surface area contributed by atoms with E-state index in [1.807, 2.05) is 4.90 Å². The maximum atomic E-state index is 12.1. The van der Waals surface area contributed by atoms with Crippen molar-refractivity contribution >= 4 is 5.91 Å². The third-order valence-corrected chi connectivity index (χ3v) is 4.80. The van der Waals surface area contributed by atoms with E-state index in [1.54, 1.807) is 0 Å². The lowest BCUT2D eigenvalue weighted by Gasteiger charge is -2.32. The monoisotopic (exact) mass is 281 g/mol. The molecule has 1 aliphatic carbocycles. The normalized spacial score (nSPS) is 28.0. The van der Waals surface area contributed by atoms with Crippen molar-refractivity contribution in [3.05, 3.63) is 0 Å². The first-order valence-electron chi connectivity index (χ1n) is 8.32. The SMILES string of the molecule is O=C(CCC1CC1)N1CCC(OCC2CCCO2)CC1. The minimum atomic E-state index is 0.313. The maximum Gasteiger partial charge on any atom is 0.222 e. The van der Waals surface area contributed by atoms with E-state index in [4.69, 9.17) is 9.47 Å². The first-order chi connectivity index (χ1) is 9.81. The van der Waals surface area contributed by atoms with Gasteiger partial charge < -0.3 is 14.4 Å². The highest BCUT2D eigenvalue weighted by molar-refractivity contribution is 5.76. The van der Waals surface area contributed by atoms with E-state index in [-0.39, 0.29) is 0 Å². The quantitative estimate of drug-likeness (QED) is 0.750. The van der Waals surface area contributed by atoms with Crippen molar-refractivity contribution in [2.75, 3.05) is 26.3 Å². The molecule has 2 heterocycles. The van der Waals surface area contributed by atoms with Crippen LogP contribution in [0, 0.1) is 5.92 Å². The average Bonchev–Trinajstić information content (AvgIpc) is 3.17. The van der Waals surface area contributed by atoms with E-state index in [2.05, 4.69) is 0 Å². The van der Waals surface area contributed by atoms with Gasteiger partial charge in [0.2, 0.25) is 5.91 Å². The van der Waals surface area contributed by atoms with Crippen LogP contribution in [0.4, 0.5) is 0 Å². The smallest absolute Gasteiger partial charge is 0.222 e. The molecule has 3 aliphatic rings. The van der Waals surface area contributed by atoms with Crippen LogP contribution in [0.1, 0.15) is 51.4 Å². The van der Waals surface area contributed by atoms with Crippen molar-refractivity contribution in [3.63, 3.8) is 0 Å². The molecule has 0 spiro atoms. The zero-order chi connectivity index (χ0) is 13.8. The molecule has 114 valence electrons. The number of likely N-dealkylation sites (tertiary alicyclic amines) is 1. The lowest BCUT2D eigenvalue weighted by Crippen LogP contribution is -2.41. The van der Waals surface area contributed by atoms with E-state index in [9.17, 15) is 4.79 Å². The number of amides is 1. The van der Waals surface area contributed by atoms with Gasteiger partial charge >= 0.3 is 0 Å². The van der Waals surface area contributed by atoms with Gasteiger partial charge in [-0.3, -0.25) is 4.79 Å². The molecule has 0 bridgehead atoms. The Morgan fingerprint density at radius 1 is 1.15 bits per heavy atom. The number of carbonyl (C=O) groups is 1. The van der Waals surface area contributed by atoms with Crippen LogP contribution in [0.25, 0.3) is 0 Å². The molecule has 3 fully saturated rings. The summed E-state index contributed by atoms with van der Waals surface area (Å²) in [6.07, 6.45) is 9.46. The standard InChI is InChI=1S/C16H27NO3/c18-16(6-5-13-3-4-13)17-9-7-14(8-10-17)20-12-15-2-1-11-19-15/h13-15H,1-12H2. The number of piperidine rings is 1. The molecule has 4 nitrogen and oxygen atoms in total. The fourth-order valence-electron chi connectivity index (χ4n) is 3.18. The summed E-state index contributed by atoms with van der Waals surface area (Å²) in [6, 6.07) is 0. The maximum absolute atomic E-state index is 12.1. The van der Waals surface area contributed by atoms with Crippen LogP contribution < -0.4 is 0 Å². The molecule has 0 radical (unpaired) electrons. The zero-order valence-electron chi connectivity index (χ0n) is 12.4. The lowest BCUT2D eigenvalue weighted by molar-refractivity contribution is -0.134. The van der Waals surface area contributed by atoms with Gasteiger partial charge in [-0.25, -0.2) is 0 Å². The second-order valence-electron chi connectivity index (χ2n) is 6.53. The number of rotatable bonds is 6. The van der Waals surface area contributed by atoms with E-state index < -0.39 is 0 Å². The van der Waals surface area contributed by atoms with Crippen LogP contribution in [-0.4, -0.2) is 49.3 Å². The molecule has 2 aliphatic heterocycles. The van der Waals surface area contributed by atoms with Gasteiger partial charge in [0.1, 0.15) is 0 Å². The summed E-state index contributed by atoms with van der Waals surface area (Å²) in [4.78, 5) is 14.1. The van der Waals surface area contributed by atoms with Crippen LogP contribution in [0.5, 0.6) is 0 Å². The topological polar surface area (TPSA) is 38.8 Å². The Hall–Kier alpha value is -0.610. The lowest BCUT2D eigenvalue weighted by atomic mass is 10.1. The summed E-state index contributed by atoms with van der Waals surface area (Å²) >= 11 is 0. The molecule has 0 aromatic heterocycles. The van der Waals surface area contributed by atoms with E-state index >= 15 is 0 Å². The fraction of sp³-hybridized carbons (Fsp3) is 0.938. The minimum Gasteiger partial charge on any atom is -0.376 e. The minimum absolute atomic E-state index is 0.313. The van der Waals surface area contributed by atoms with Gasteiger partial charge in [-0.2, -0.15) is 0 Å². The largest absolute Gasteiger partial charge is 0.376 e. The first kappa shape index (κ1) is 14.3. The molecule has 1 amide bonds. The number of ether oxygens (including phenoxy) is 2. The molecule has 4 heteroatoms. The van der Waals surface area contributed by atoms with E-state index in [1.165, 1.54) is 19.3 Å². The van der Waals surface area contributed by atoms with Crippen LogP contribution in [0.2, 0.25) is 0 Å². The third kappa shape index (κ3) is 4.19. The molecule has 1 saturated carbocycles. The Balaban J connectivity index is 1.30. The highest BCUT2D eigenvalue weighted by Gasteiger charge is 2.27. The molecule has 1 atom stereocenters. The number of hydrogen-bond donors (Lipinski definition) is 0. The summed E-state index contributed by atoms with van der Waals surface area (Å²) in [6.45, 7) is 3.38. The molecule has 2 saturated heterocycles. The summed E-state index contributed by atoms with van der Waals surface area (Å²) in [5, 5.41) is 0. The van der Waals surface area contributed by atoms with Crippen molar-refractivity contribution in [2.45, 2.75) is 63.6 Å². The predicted octanol–water partition coefficient (Wildman–Crippen LogP) is 2.36. The highest BCUT2D eigenvalue weighted by Crippen LogP contribution is 2.33. The Morgan fingerprint density at radius 2 is 1.95 bits per heavy atom. The van der Waals surface area contributed by atoms with Crippen molar-refractivity contribution in [3.8, 4) is 0 Å². The molecule has 20 heavy (non-hydrogen) atoms. The number of nitrogens with zero attached hydrogens (tertiary/aromatic N) is 1.